The number of aromatic carboxylic acids is 1. The molecular formula is C33H31F3N6O2. The van der Waals surface area contributed by atoms with Gasteiger partial charge in [0.25, 0.3) is 0 Å². The molecule has 1 fully saturated rings. The Bertz CT molecular complexity index is 1830. The standard InChI is InChI=1S/C33H31F3N6O2/c1-19(2)22-14-15-37-26(16-22)31-41-29-27(42(31)18-20-10-12-24(13-11-20)33(34,35)36)28(39-30(40-29)32(43)44)38-17-23-6-3-4-9-25(23)21-7-5-8-21/h3-4,6,9-16,19,21H,5,7-8,17-18H2,1-2H3,(H,43,44)(H,38,39,40). The normalized spacial score (nSPS) is 13.8. The molecule has 8 nitrogen and oxygen atoms in total. The van der Waals surface area contributed by atoms with E-state index in [0.717, 1.165) is 36.1 Å². The Balaban J connectivity index is 1.49. The van der Waals surface area contributed by atoms with Crippen LogP contribution in [0.1, 0.15) is 83.4 Å². The van der Waals surface area contributed by atoms with Crippen molar-refractivity contribution in [2.75, 3.05) is 5.32 Å². The van der Waals surface area contributed by atoms with Crippen LogP contribution in [0.25, 0.3) is 22.7 Å². The SMILES string of the molecule is CC(C)c1ccnc(-c2nc3nc(C(=O)O)nc(NCc4ccccc4C4CCC4)c3n2Cc2ccc(C(F)(F)F)cc2)c1. The largest absolute Gasteiger partial charge is 0.475 e. The molecule has 0 saturated heterocycles. The first kappa shape index (κ1) is 29.3. The van der Waals surface area contributed by atoms with Gasteiger partial charge in [0.05, 0.1) is 5.56 Å². The van der Waals surface area contributed by atoms with Crippen LogP contribution in [-0.2, 0) is 19.3 Å². The molecule has 6 rings (SSSR count). The molecule has 0 bridgehead atoms. The molecule has 1 aliphatic carbocycles. The summed E-state index contributed by atoms with van der Waals surface area (Å²) in [7, 11) is 0. The molecule has 1 saturated carbocycles. The smallest absolute Gasteiger partial charge is 0.416 e. The topological polar surface area (TPSA) is 106 Å². The van der Waals surface area contributed by atoms with Crippen LogP contribution >= 0.6 is 0 Å². The predicted molar refractivity (Wildman–Crippen MR) is 161 cm³/mol. The van der Waals surface area contributed by atoms with Gasteiger partial charge in [0.2, 0.25) is 5.82 Å². The molecule has 0 unspecified atom stereocenters. The lowest BCUT2D eigenvalue weighted by atomic mass is 9.78. The molecule has 0 radical (unpaired) electrons. The number of carboxylic acid groups (broad SMARTS) is 1. The van der Waals surface area contributed by atoms with E-state index in [1.807, 2.05) is 30.3 Å². The lowest BCUT2D eigenvalue weighted by Gasteiger charge is -2.28. The zero-order valence-corrected chi connectivity index (χ0v) is 24.3. The number of benzene rings is 2. The number of alkyl halides is 3. The van der Waals surface area contributed by atoms with Gasteiger partial charge in [-0.1, -0.05) is 56.7 Å². The molecule has 3 aromatic heterocycles. The molecule has 0 spiro atoms. The van der Waals surface area contributed by atoms with E-state index >= 15 is 0 Å². The minimum atomic E-state index is -4.46. The number of nitrogens with one attached hydrogen (secondary N) is 1. The molecule has 5 aromatic rings. The van der Waals surface area contributed by atoms with E-state index < -0.39 is 23.5 Å². The second kappa shape index (κ2) is 11.7. The first-order chi connectivity index (χ1) is 21.1. The summed E-state index contributed by atoms with van der Waals surface area (Å²) in [5.41, 5.74) is 4.30. The van der Waals surface area contributed by atoms with E-state index in [-0.39, 0.29) is 23.9 Å². The number of fused-ring (bicyclic) bond motifs is 1. The van der Waals surface area contributed by atoms with Crippen LogP contribution in [0.15, 0.2) is 66.9 Å². The van der Waals surface area contributed by atoms with Gasteiger partial charge < -0.3 is 15.0 Å². The fraction of sp³-hybridized carbons (Fsp3) is 0.303. The van der Waals surface area contributed by atoms with Crippen LogP contribution < -0.4 is 5.32 Å². The van der Waals surface area contributed by atoms with Crippen molar-refractivity contribution in [3.63, 3.8) is 0 Å². The number of halogens is 3. The highest BCUT2D eigenvalue weighted by atomic mass is 19.4. The molecule has 0 amide bonds. The van der Waals surface area contributed by atoms with Crippen molar-refractivity contribution in [3.8, 4) is 11.5 Å². The Labute approximate surface area is 252 Å². The monoisotopic (exact) mass is 600 g/mol. The molecule has 226 valence electrons. The number of imidazole rings is 1. The van der Waals surface area contributed by atoms with Crippen LogP contribution in [0.3, 0.4) is 0 Å². The van der Waals surface area contributed by atoms with Crippen molar-refractivity contribution in [3.05, 3.63) is 101 Å². The Morgan fingerprint density at radius 1 is 1.05 bits per heavy atom. The fourth-order valence-corrected chi connectivity index (χ4v) is 5.51. The molecule has 0 aliphatic heterocycles. The van der Waals surface area contributed by atoms with Crippen molar-refractivity contribution in [2.45, 2.75) is 64.2 Å². The van der Waals surface area contributed by atoms with Crippen molar-refractivity contribution in [1.82, 2.24) is 24.5 Å². The van der Waals surface area contributed by atoms with E-state index in [1.165, 1.54) is 24.1 Å². The maximum Gasteiger partial charge on any atom is 0.416 e. The van der Waals surface area contributed by atoms with Crippen molar-refractivity contribution in [1.29, 1.82) is 0 Å². The highest BCUT2D eigenvalue weighted by molar-refractivity contribution is 5.92. The minimum absolute atomic E-state index is 0.126. The third kappa shape index (κ3) is 5.86. The fourth-order valence-electron chi connectivity index (χ4n) is 5.51. The van der Waals surface area contributed by atoms with Gasteiger partial charge >= 0.3 is 12.1 Å². The molecule has 0 atom stereocenters. The summed E-state index contributed by atoms with van der Waals surface area (Å²) in [5.74, 6) is -0.357. The number of hydrogen-bond donors (Lipinski definition) is 2. The van der Waals surface area contributed by atoms with E-state index in [4.69, 9.17) is 4.98 Å². The lowest BCUT2D eigenvalue weighted by molar-refractivity contribution is -0.137. The maximum atomic E-state index is 13.3. The summed E-state index contributed by atoms with van der Waals surface area (Å²) in [6.07, 6.45) is 0.671. The minimum Gasteiger partial charge on any atom is -0.475 e. The zero-order chi connectivity index (χ0) is 31.0. The second-order valence-corrected chi connectivity index (χ2v) is 11.4. The number of nitrogens with zero attached hydrogens (tertiary/aromatic N) is 5. The van der Waals surface area contributed by atoms with Gasteiger partial charge in [-0.3, -0.25) is 4.98 Å². The number of carbonyl (C=O) groups is 1. The van der Waals surface area contributed by atoms with E-state index in [2.05, 4.69) is 40.2 Å². The molecule has 2 aromatic carbocycles. The Morgan fingerprint density at radius 3 is 2.45 bits per heavy atom. The third-order valence-corrected chi connectivity index (χ3v) is 8.14. The summed E-state index contributed by atoms with van der Waals surface area (Å²) in [5, 5.41) is 13.2. The lowest BCUT2D eigenvalue weighted by Crippen LogP contribution is -2.15. The van der Waals surface area contributed by atoms with E-state index in [0.29, 0.717) is 35.1 Å². The number of aromatic nitrogens is 5. The number of rotatable bonds is 9. The van der Waals surface area contributed by atoms with Gasteiger partial charge in [-0.2, -0.15) is 13.2 Å². The predicted octanol–water partition coefficient (Wildman–Crippen LogP) is 7.66. The number of hydrogen-bond acceptors (Lipinski definition) is 6. The van der Waals surface area contributed by atoms with Crippen molar-refractivity contribution < 1.29 is 23.1 Å². The first-order valence-corrected chi connectivity index (χ1v) is 14.5. The van der Waals surface area contributed by atoms with E-state index in [1.54, 1.807) is 10.8 Å². The number of pyridine rings is 1. The highest BCUT2D eigenvalue weighted by Crippen LogP contribution is 2.38. The van der Waals surface area contributed by atoms with Crippen molar-refractivity contribution in [2.24, 2.45) is 0 Å². The Kier molecular flexibility index (Phi) is 7.79. The average Bonchev–Trinajstić information content (AvgIpc) is 3.33. The number of carboxylic acids is 1. The summed E-state index contributed by atoms with van der Waals surface area (Å²) < 4.78 is 41.6. The summed E-state index contributed by atoms with van der Waals surface area (Å²) >= 11 is 0. The molecule has 44 heavy (non-hydrogen) atoms. The van der Waals surface area contributed by atoms with Crippen LogP contribution in [-0.4, -0.2) is 35.6 Å². The molecule has 11 heteroatoms. The van der Waals surface area contributed by atoms with Gasteiger partial charge in [-0.15, -0.1) is 0 Å². The highest BCUT2D eigenvalue weighted by Gasteiger charge is 2.30. The number of anilines is 1. The van der Waals surface area contributed by atoms with E-state index in [9.17, 15) is 23.1 Å². The Hall–Kier alpha value is -4.80. The quantitative estimate of drug-likeness (QED) is 0.179. The maximum absolute atomic E-state index is 13.3. The van der Waals surface area contributed by atoms with Crippen LogP contribution in [0, 0.1) is 0 Å². The van der Waals surface area contributed by atoms with Crippen molar-refractivity contribution >= 4 is 23.0 Å². The van der Waals surface area contributed by atoms with Gasteiger partial charge in [0.15, 0.2) is 17.3 Å². The van der Waals surface area contributed by atoms with Gasteiger partial charge in [0.1, 0.15) is 11.2 Å². The zero-order valence-electron chi connectivity index (χ0n) is 24.3. The third-order valence-electron chi connectivity index (χ3n) is 8.14. The summed E-state index contributed by atoms with van der Waals surface area (Å²) in [6.45, 7) is 4.62. The van der Waals surface area contributed by atoms with Gasteiger partial charge in [-0.25, -0.2) is 19.7 Å². The van der Waals surface area contributed by atoms with Gasteiger partial charge in [0, 0.05) is 19.3 Å². The van der Waals surface area contributed by atoms with Crippen LogP contribution in [0.4, 0.5) is 19.0 Å². The summed E-state index contributed by atoms with van der Waals surface area (Å²) in [4.78, 5) is 30.0. The Morgan fingerprint density at radius 2 is 1.80 bits per heavy atom. The second-order valence-electron chi connectivity index (χ2n) is 11.4. The molecular weight excluding hydrogens is 569 g/mol. The average molecular weight is 601 g/mol. The summed E-state index contributed by atoms with van der Waals surface area (Å²) in [6, 6.07) is 16.9. The molecule has 3 heterocycles. The van der Waals surface area contributed by atoms with Crippen LogP contribution in [0.2, 0.25) is 0 Å². The van der Waals surface area contributed by atoms with Crippen LogP contribution in [0.5, 0.6) is 0 Å². The molecule has 1 aliphatic rings. The van der Waals surface area contributed by atoms with Gasteiger partial charge in [-0.05, 0) is 71.2 Å². The first-order valence-electron chi connectivity index (χ1n) is 14.5. The molecule has 2 N–H and O–H groups in total.